The number of ether oxygens (including phenoxy) is 1. The van der Waals surface area contributed by atoms with E-state index in [2.05, 4.69) is 4.98 Å². The molecule has 0 aliphatic heterocycles. The van der Waals surface area contributed by atoms with Crippen molar-refractivity contribution in [1.82, 2.24) is 9.55 Å². The van der Waals surface area contributed by atoms with Crippen LogP contribution in [0.5, 0.6) is 0 Å². The summed E-state index contributed by atoms with van der Waals surface area (Å²) in [6.45, 7) is 5.42. The second-order valence-electron chi connectivity index (χ2n) is 6.08. The standard InChI is InChI=1S/C21H20N2O3/c1-14-13-18(15(2)23(14)17-9-5-4-6-10-17)20(24)16(3)26-21(25)19-11-7-8-12-22-19/h4-13,16H,1-3H3/t16-/m0/s1. The second-order valence-corrected chi connectivity index (χ2v) is 6.08. The van der Waals surface area contributed by atoms with Gasteiger partial charge >= 0.3 is 5.97 Å². The number of pyridine rings is 1. The highest BCUT2D eigenvalue weighted by Crippen LogP contribution is 2.22. The Balaban J connectivity index is 1.83. The third kappa shape index (κ3) is 3.42. The molecule has 3 rings (SSSR count). The predicted molar refractivity (Wildman–Crippen MR) is 98.7 cm³/mol. The molecule has 0 saturated carbocycles. The largest absolute Gasteiger partial charge is 0.450 e. The molecular formula is C21H20N2O3. The summed E-state index contributed by atoms with van der Waals surface area (Å²) in [4.78, 5) is 28.9. The molecule has 2 aromatic heterocycles. The Hall–Kier alpha value is -3.21. The topological polar surface area (TPSA) is 61.2 Å². The Kier molecular flexibility index (Phi) is 4.98. The van der Waals surface area contributed by atoms with Crippen LogP contribution in [0.1, 0.15) is 39.2 Å². The molecule has 5 heteroatoms. The van der Waals surface area contributed by atoms with Crippen molar-refractivity contribution >= 4 is 11.8 Å². The molecule has 0 aliphatic rings. The van der Waals surface area contributed by atoms with Gasteiger partial charge in [0.05, 0.1) is 0 Å². The Morgan fingerprint density at radius 1 is 1.04 bits per heavy atom. The first-order chi connectivity index (χ1) is 12.5. The van der Waals surface area contributed by atoms with Crippen LogP contribution in [0.25, 0.3) is 5.69 Å². The molecule has 0 amide bonds. The first kappa shape index (κ1) is 17.6. The van der Waals surface area contributed by atoms with Gasteiger partial charge in [0.1, 0.15) is 5.69 Å². The van der Waals surface area contributed by atoms with Crippen LogP contribution in [0, 0.1) is 13.8 Å². The molecule has 0 aliphatic carbocycles. The Bertz CT molecular complexity index is 931. The minimum atomic E-state index is -0.894. The van der Waals surface area contributed by atoms with E-state index in [-0.39, 0.29) is 11.5 Å². The minimum absolute atomic E-state index is 0.182. The van der Waals surface area contributed by atoms with Gasteiger partial charge in [0.2, 0.25) is 5.78 Å². The van der Waals surface area contributed by atoms with Crippen LogP contribution in [-0.2, 0) is 4.74 Å². The number of aromatic nitrogens is 2. The number of hydrogen-bond donors (Lipinski definition) is 0. The molecule has 0 unspecified atom stereocenters. The number of ketones is 1. The molecule has 0 bridgehead atoms. The van der Waals surface area contributed by atoms with Crippen molar-refractivity contribution in [1.29, 1.82) is 0 Å². The zero-order valence-corrected chi connectivity index (χ0v) is 15.0. The molecule has 26 heavy (non-hydrogen) atoms. The Morgan fingerprint density at radius 2 is 1.73 bits per heavy atom. The van der Waals surface area contributed by atoms with Crippen LogP contribution in [-0.4, -0.2) is 27.4 Å². The minimum Gasteiger partial charge on any atom is -0.450 e. The van der Waals surface area contributed by atoms with E-state index in [4.69, 9.17) is 4.74 Å². The number of para-hydroxylation sites is 1. The summed E-state index contributed by atoms with van der Waals surface area (Å²) in [5.74, 6) is -0.840. The third-order valence-corrected chi connectivity index (χ3v) is 4.24. The van der Waals surface area contributed by atoms with E-state index >= 15 is 0 Å². The average molecular weight is 348 g/mol. The highest BCUT2D eigenvalue weighted by atomic mass is 16.5. The third-order valence-electron chi connectivity index (χ3n) is 4.24. The molecule has 2 heterocycles. The summed E-state index contributed by atoms with van der Waals surface area (Å²) in [7, 11) is 0. The second kappa shape index (κ2) is 7.35. The number of esters is 1. The molecule has 3 aromatic rings. The average Bonchev–Trinajstić information content (AvgIpc) is 2.96. The van der Waals surface area contributed by atoms with Crippen LogP contribution in [0.4, 0.5) is 0 Å². The molecule has 0 saturated heterocycles. The van der Waals surface area contributed by atoms with Crippen molar-refractivity contribution in [3.63, 3.8) is 0 Å². The van der Waals surface area contributed by atoms with E-state index in [1.165, 1.54) is 6.20 Å². The first-order valence-corrected chi connectivity index (χ1v) is 8.39. The lowest BCUT2D eigenvalue weighted by Crippen LogP contribution is -2.25. The fraction of sp³-hybridized carbons (Fsp3) is 0.190. The van der Waals surface area contributed by atoms with Crippen molar-refractivity contribution in [2.45, 2.75) is 26.9 Å². The Morgan fingerprint density at radius 3 is 2.38 bits per heavy atom. The first-order valence-electron chi connectivity index (χ1n) is 8.39. The van der Waals surface area contributed by atoms with Crippen molar-refractivity contribution in [3.05, 3.63) is 83.4 Å². The van der Waals surface area contributed by atoms with Crippen LogP contribution in [0.2, 0.25) is 0 Å². The van der Waals surface area contributed by atoms with Crippen LogP contribution >= 0.6 is 0 Å². The van der Waals surface area contributed by atoms with Gasteiger partial charge in [0.15, 0.2) is 6.10 Å². The summed E-state index contributed by atoms with van der Waals surface area (Å²) in [5.41, 5.74) is 3.48. The van der Waals surface area contributed by atoms with Crippen LogP contribution in [0.3, 0.4) is 0 Å². The number of aryl methyl sites for hydroxylation is 1. The summed E-state index contributed by atoms with van der Waals surface area (Å²) in [5, 5.41) is 0. The van der Waals surface area contributed by atoms with Gasteiger partial charge in [-0.3, -0.25) is 4.79 Å². The molecule has 0 N–H and O–H groups in total. The molecular weight excluding hydrogens is 328 g/mol. The van der Waals surface area contributed by atoms with Gasteiger partial charge in [-0.15, -0.1) is 0 Å². The van der Waals surface area contributed by atoms with E-state index in [1.54, 1.807) is 25.1 Å². The van der Waals surface area contributed by atoms with E-state index in [1.807, 2.05) is 54.8 Å². The molecule has 5 nitrogen and oxygen atoms in total. The number of hydrogen-bond acceptors (Lipinski definition) is 4. The summed E-state index contributed by atoms with van der Waals surface area (Å²) >= 11 is 0. The summed E-state index contributed by atoms with van der Waals surface area (Å²) in [6.07, 6.45) is 0.616. The molecule has 0 fully saturated rings. The van der Waals surface area contributed by atoms with E-state index < -0.39 is 12.1 Å². The van der Waals surface area contributed by atoms with E-state index in [0.717, 1.165) is 17.1 Å². The van der Waals surface area contributed by atoms with Crippen molar-refractivity contribution in [2.24, 2.45) is 0 Å². The number of rotatable bonds is 5. The van der Waals surface area contributed by atoms with Crippen molar-refractivity contribution in [2.75, 3.05) is 0 Å². The van der Waals surface area contributed by atoms with Gasteiger partial charge in [-0.25, -0.2) is 9.78 Å². The van der Waals surface area contributed by atoms with E-state index in [0.29, 0.717) is 5.56 Å². The molecule has 132 valence electrons. The smallest absolute Gasteiger partial charge is 0.357 e. The maximum Gasteiger partial charge on any atom is 0.357 e. The number of benzene rings is 1. The fourth-order valence-electron chi connectivity index (χ4n) is 2.96. The monoisotopic (exact) mass is 348 g/mol. The highest BCUT2D eigenvalue weighted by Gasteiger charge is 2.25. The zero-order chi connectivity index (χ0) is 18.7. The van der Waals surface area contributed by atoms with Gasteiger partial charge in [-0.05, 0) is 51.1 Å². The summed E-state index contributed by atoms with van der Waals surface area (Å²) < 4.78 is 7.32. The molecule has 1 aromatic carbocycles. The Labute approximate surface area is 152 Å². The predicted octanol–water partition coefficient (Wildman–Crippen LogP) is 3.92. The van der Waals surface area contributed by atoms with Gasteiger partial charge in [-0.2, -0.15) is 0 Å². The quantitative estimate of drug-likeness (QED) is 0.518. The zero-order valence-electron chi connectivity index (χ0n) is 15.0. The van der Waals surface area contributed by atoms with Gasteiger partial charge in [0, 0.05) is 28.8 Å². The lowest BCUT2D eigenvalue weighted by Gasteiger charge is -2.13. The van der Waals surface area contributed by atoms with Gasteiger partial charge in [-0.1, -0.05) is 24.3 Å². The fourth-order valence-corrected chi connectivity index (χ4v) is 2.96. The molecule has 1 atom stereocenters. The van der Waals surface area contributed by atoms with Gasteiger partial charge < -0.3 is 9.30 Å². The molecule has 0 radical (unpaired) electrons. The molecule has 0 spiro atoms. The lowest BCUT2D eigenvalue weighted by atomic mass is 10.1. The van der Waals surface area contributed by atoms with Crippen molar-refractivity contribution < 1.29 is 14.3 Å². The number of nitrogens with zero attached hydrogens (tertiary/aromatic N) is 2. The summed E-state index contributed by atoms with van der Waals surface area (Å²) in [6, 6.07) is 16.6. The normalized spacial score (nSPS) is 11.8. The lowest BCUT2D eigenvalue weighted by molar-refractivity contribution is 0.0313. The number of carbonyl (C=O) groups excluding carboxylic acids is 2. The van der Waals surface area contributed by atoms with Crippen molar-refractivity contribution in [3.8, 4) is 5.69 Å². The van der Waals surface area contributed by atoms with Crippen LogP contribution in [0.15, 0.2) is 60.8 Å². The number of Topliss-reactive ketones (excluding diaryl/α,β-unsaturated/α-hetero) is 1. The van der Waals surface area contributed by atoms with Gasteiger partial charge in [0.25, 0.3) is 0 Å². The number of carbonyl (C=O) groups is 2. The SMILES string of the molecule is Cc1cc(C(=O)[C@H](C)OC(=O)c2ccccn2)c(C)n1-c1ccccc1. The maximum absolute atomic E-state index is 12.8. The van der Waals surface area contributed by atoms with Crippen LogP contribution < -0.4 is 0 Å². The highest BCUT2D eigenvalue weighted by molar-refractivity contribution is 6.02. The van der Waals surface area contributed by atoms with E-state index in [9.17, 15) is 9.59 Å². The maximum atomic E-state index is 12.8.